The Morgan fingerprint density at radius 1 is 1.05 bits per heavy atom. The van der Waals surface area contributed by atoms with E-state index in [1.54, 1.807) is 30.6 Å². The first-order valence-corrected chi connectivity index (χ1v) is 15.6. The number of hydrogen-bond donors (Lipinski definition) is 1. The van der Waals surface area contributed by atoms with Gasteiger partial charge in [0.25, 0.3) is 5.91 Å². The van der Waals surface area contributed by atoms with Gasteiger partial charge in [0, 0.05) is 59.3 Å². The van der Waals surface area contributed by atoms with Gasteiger partial charge >= 0.3 is 6.18 Å². The van der Waals surface area contributed by atoms with Gasteiger partial charge in [-0.2, -0.15) is 23.4 Å². The minimum absolute atomic E-state index is 0.00478. The summed E-state index contributed by atoms with van der Waals surface area (Å²) in [6, 6.07) is 10.9. The van der Waals surface area contributed by atoms with Gasteiger partial charge < -0.3 is 14.8 Å². The zero-order valence-corrected chi connectivity index (χ0v) is 25.4. The van der Waals surface area contributed by atoms with E-state index < -0.39 is 12.1 Å². The molecule has 2 atom stereocenters. The van der Waals surface area contributed by atoms with Crippen LogP contribution in [0.25, 0.3) is 11.1 Å². The lowest BCUT2D eigenvalue weighted by Gasteiger charge is -2.33. The van der Waals surface area contributed by atoms with Crippen molar-refractivity contribution in [2.45, 2.75) is 57.2 Å². The number of likely N-dealkylation sites (tertiary alicyclic amines) is 2. The molecule has 3 aliphatic rings. The number of aliphatic imine (C=N–C) groups is 1. The van der Waals surface area contributed by atoms with Gasteiger partial charge in [-0.25, -0.2) is 4.98 Å². The molecule has 1 aliphatic carbocycles. The molecular formula is C32H31Cl2F3N6O. The summed E-state index contributed by atoms with van der Waals surface area (Å²) in [5, 5.41) is 10.5. The van der Waals surface area contributed by atoms with Crippen LogP contribution in [0.4, 0.5) is 13.2 Å². The molecule has 44 heavy (non-hydrogen) atoms. The molecule has 1 amide bonds. The molecule has 2 aromatic carbocycles. The number of rotatable bonds is 5. The third-order valence-electron chi connectivity index (χ3n) is 9.25. The minimum Gasteiger partial charge on any atom is -0.356 e. The predicted molar refractivity (Wildman–Crippen MR) is 163 cm³/mol. The largest absolute Gasteiger partial charge is 0.391 e. The highest BCUT2D eigenvalue weighted by molar-refractivity contribution is 6.36. The molecule has 0 radical (unpaired) electrons. The standard InChI is InChI=1S/C32H31Cl2F3N6O/c33-26-14-22(19-1-3-20(4-2-19)31(44)42-10-8-23(9-11-42)32(35,36)37)15-27(34)25(26)13-21-7-12-43(30(21)39-17-38)24-5-6-28-29(16-24)41-18-40-28/h1-4,14-15,18,21,23-24H,5-13,16H2,(H,40,41). The van der Waals surface area contributed by atoms with E-state index in [9.17, 15) is 23.2 Å². The average molecular weight is 644 g/mol. The van der Waals surface area contributed by atoms with Crippen LogP contribution < -0.4 is 0 Å². The van der Waals surface area contributed by atoms with E-state index in [1.807, 2.05) is 18.3 Å². The Labute approximate surface area is 263 Å². The first-order chi connectivity index (χ1) is 21.1. The summed E-state index contributed by atoms with van der Waals surface area (Å²) >= 11 is 13.6. The molecule has 0 spiro atoms. The van der Waals surface area contributed by atoms with Crippen molar-refractivity contribution >= 4 is 34.9 Å². The van der Waals surface area contributed by atoms with E-state index in [0.717, 1.165) is 66.1 Å². The highest BCUT2D eigenvalue weighted by atomic mass is 35.5. The van der Waals surface area contributed by atoms with Crippen molar-refractivity contribution in [3.8, 4) is 17.3 Å². The number of benzene rings is 2. The van der Waals surface area contributed by atoms with Gasteiger partial charge in [-0.3, -0.25) is 4.79 Å². The van der Waals surface area contributed by atoms with Crippen molar-refractivity contribution in [1.82, 2.24) is 19.8 Å². The van der Waals surface area contributed by atoms with Crippen LogP contribution in [0.15, 0.2) is 47.7 Å². The van der Waals surface area contributed by atoms with E-state index in [4.69, 9.17) is 23.2 Å². The lowest BCUT2D eigenvalue weighted by Crippen LogP contribution is -2.42. The number of aromatic nitrogens is 2. The van der Waals surface area contributed by atoms with Crippen LogP contribution in [0.2, 0.25) is 10.0 Å². The number of aromatic amines is 1. The summed E-state index contributed by atoms with van der Waals surface area (Å²) < 4.78 is 39.0. The fourth-order valence-electron chi connectivity index (χ4n) is 6.80. The molecule has 2 fully saturated rings. The van der Waals surface area contributed by atoms with Crippen LogP contribution in [0, 0.1) is 23.3 Å². The Morgan fingerprint density at radius 2 is 1.75 bits per heavy atom. The molecule has 0 saturated carbocycles. The molecule has 3 aromatic rings. The van der Waals surface area contributed by atoms with Crippen molar-refractivity contribution in [3.05, 3.63) is 75.3 Å². The lowest BCUT2D eigenvalue weighted by molar-refractivity contribution is -0.183. The zero-order valence-electron chi connectivity index (χ0n) is 23.9. The van der Waals surface area contributed by atoms with Crippen molar-refractivity contribution < 1.29 is 18.0 Å². The number of halogens is 5. The van der Waals surface area contributed by atoms with Gasteiger partial charge in [0.1, 0.15) is 5.84 Å². The second kappa shape index (κ2) is 12.4. The van der Waals surface area contributed by atoms with E-state index in [-0.39, 0.29) is 43.8 Å². The first kappa shape index (κ1) is 30.5. The number of H-pyrrole nitrogens is 1. The number of amidine groups is 1. The van der Waals surface area contributed by atoms with Crippen LogP contribution >= 0.6 is 23.2 Å². The fourth-order valence-corrected chi connectivity index (χ4v) is 7.44. The third kappa shape index (κ3) is 6.18. The zero-order chi connectivity index (χ0) is 31.0. The van der Waals surface area contributed by atoms with Crippen LogP contribution in [0.5, 0.6) is 0 Å². The molecule has 3 heterocycles. The number of nitrogens with one attached hydrogen (secondary N) is 1. The normalized spacial score (nSPS) is 21.9. The quantitative estimate of drug-likeness (QED) is 0.301. The summed E-state index contributed by atoms with van der Waals surface area (Å²) in [5.74, 6) is -0.848. The Hall–Kier alpha value is -3.55. The number of hydrogen-bond acceptors (Lipinski definition) is 4. The van der Waals surface area contributed by atoms with E-state index in [2.05, 4.69) is 19.9 Å². The van der Waals surface area contributed by atoms with Crippen LogP contribution in [0.3, 0.4) is 0 Å². The number of aryl methyl sites for hydroxylation is 1. The SMILES string of the molecule is N#CN=C1C(Cc2c(Cl)cc(-c3ccc(C(=O)N4CCC(C(F)(F)F)CC4)cc3)cc2Cl)CCN1C1CCc2nc[nH]c2C1. The molecule has 2 saturated heterocycles. The number of carbonyl (C=O) groups is 1. The molecule has 6 rings (SSSR count). The third-order valence-corrected chi connectivity index (χ3v) is 9.92. The smallest absolute Gasteiger partial charge is 0.356 e. The summed E-state index contributed by atoms with van der Waals surface area (Å²) in [5.41, 5.74) is 5.06. The van der Waals surface area contributed by atoms with Crippen molar-refractivity contribution in [2.75, 3.05) is 19.6 Å². The molecule has 1 aromatic heterocycles. The summed E-state index contributed by atoms with van der Waals surface area (Å²) in [6.45, 7) is 0.976. The van der Waals surface area contributed by atoms with Crippen LogP contribution in [-0.4, -0.2) is 63.4 Å². The molecule has 2 aliphatic heterocycles. The number of carbonyl (C=O) groups excluding carboxylic acids is 1. The monoisotopic (exact) mass is 642 g/mol. The van der Waals surface area contributed by atoms with Crippen molar-refractivity contribution in [1.29, 1.82) is 5.26 Å². The predicted octanol–water partition coefficient (Wildman–Crippen LogP) is 7.10. The van der Waals surface area contributed by atoms with E-state index >= 15 is 0 Å². The van der Waals surface area contributed by atoms with Gasteiger partial charge in [-0.1, -0.05) is 35.3 Å². The maximum absolute atomic E-state index is 13.0. The number of piperidine rings is 1. The molecule has 230 valence electrons. The number of imidazole rings is 1. The van der Waals surface area contributed by atoms with E-state index in [1.165, 1.54) is 4.90 Å². The summed E-state index contributed by atoms with van der Waals surface area (Å²) in [4.78, 5) is 28.6. The fraction of sp³-hybridized carbons (Fsp3) is 0.438. The Bertz CT molecular complexity index is 1580. The second-order valence-electron chi connectivity index (χ2n) is 11.8. The Morgan fingerprint density at radius 3 is 2.41 bits per heavy atom. The lowest BCUT2D eigenvalue weighted by atomic mass is 9.93. The van der Waals surface area contributed by atoms with Gasteiger partial charge in [0.15, 0.2) is 0 Å². The van der Waals surface area contributed by atoms with Gasteiger partial charge in [0.05, 0.1) is 17.9 Å². The molecular weight excluding hydrogens is 612 g/mol. The van der Waals surface area contributed by atoms with Gasteiger partial charge in [-0.15, -0.1) is 0 Å². The van der Waals surface area contributed by atoms with Gasteiger partial charge in [-0.05, 0) is 79.5 Å². The van der Waals surface area contributed by atoms with E-state index in [0.29, 0.717) is 22.0 Å². The van der Waals surface area contributed by atoms with Gasteiger partial charge in [0.2, 0.25) is 6.19 Å². The number of nitriles is 1. The molecule has 12 heteroatoms. The Kier molecular flexibility index (Phi) is 8.62. The maximum Gasteiger partial charge on any atom is 0.391 e. The molecule has 7 nitrogen and oxygen atoms in total. The number of nitrogens with zero attached hydrogens (tertiary/aromatic N) is 5. The number of alkyl halides is 3. The Balaban J connectivity index is 1.13. The average Bonchev–Trinajstić information content (AvgIpc) is 3.65. The minimum atomic E-state index is -4.22. The summed E-state index contributed by atoms with van der Waals surface area (Å²) in [7, 11) is 0. The first-order valence-electron chi connectivity index (χ1n) is 14.8. The molecule has 0 bridgehead atoms. The topological polar surface area (TPSA) is 88.4 Å². The molecule has 1 N–H and O–H groups in total. The van der Waals surface area contributed by atoms with Crippen molar-refractivity contribution in [3.63, 3.8) is 0 Å². The summed E-state index contributed by atoms with van der Waals surface area (Å²) in [6.07, 6.45) is 3.42. The molecule has 2 unspecified atom stereocenters. The highest BCUT2D eigenvalue weighted by Crippen LogP contribution is 2.38. The maximum atomic E-state index is 13.0. The van der Waals surface area contributed by atoms with Crippen molar-refractivity contribution in [2.24, 2.45) is 16.8 Å². The second-order valence-corrected chi connectivity index (χ2v) is 12.6. The van der Waals surface area contributed by atoms with Crippen LogP contribution in [-0.2, 0) is 19.3 Å². The van der Waals surface area contributed by atoms with Crippen LogP contribution in [0.1, 0.15) is 53.0 Å². The number of amides is 1. The number of fused-ring (bicyclic) bond motifs is 1. The highest BCUT2D eigenvalue weighted by Gasteiger charge is 2.42.